The Kier molecular flexibility index (Phi) is 5.19. The average molecular weight is 357 g/mol. The summed E-state index contributed by atoms with van der Waals surface area (Å²) in [5.41, 5.74) is 3.41. The van der Waals surface area contributed by atoms with Gasteiger partial charge in [0.15, 0.2) is 0 Å². The monoisotopic (exact) mass is 355 g/mol. The Morgan fingerprint density at radius 2 is 2.00 bits per heavy atom. The van der Waals surface area contributed by atoms with Crippen LogP contribution in [0.3, 0.4) is 0 Å². The molecule has 0 amide bonds. The van der Waals surface area contributed by atoms with Crippen LogP contribution in [0.25, 0.3) is 0 Å². The lowest BCUT2D eigenvalue weighted by molar-refractivity contribution is 0.584. The van der Waals surface area contributed by atoms with Gasteiger partial charge in [0, 0.05) is 15.5 Å². The van der Waals surface area contributed by atoms with Crippen molar-refractivity contribution in [3.8, 4) is 0 Å². The van der Waals surface area contributed by atoms with Gasteiger partial charge in [-0.2, -0.15) is 0 Å². The third-order valence-electron chi connectivity index (χ3n) is 3.40. The number of hydrogen-bond donors (Lipinski definition) is 1. The van der Waals surface area contributed by atoms with Gasteiger partial charge in [-0.1, -0.05) is 39.7 Å². The van der Waals surface area contributed by atoms with Crippen LogP contribution < -0.4 is 5.32 Å². The zero-order valence-corrected chi connectivity index (χ0v) is 13.7. The molecule has 0 saturated carbocycles. The molecule has 106 valence electrons. The van der Waals surface area contributed by atoms with E-state index >= 15 is 0 Å². The molecular formula is C16H16BrClFN. The molecule has 20 heavy (non-hydrogen) atoms. The molecule has 0 bridgehead atoms. The molecule has 2 aromatic rings. The molecule has 0 aliphatic carbocycles. The molecule has 4 heteroatoms. The van der Waals surface area contributed by atoms with E-state index in [1.807, 2.05) is 31.3 Å². The van der Waals surface area contributed by atoms with E-state index in [0.29, 0.717) is 0 Å². The highest BCUT2D eigenvalue weighted by molar-refractivity contribution is 9.10. The Labute approximate surface area is 132 Å². The van der Waals surface area contributed by atoms with Gasteiger partial charge < -0.3 is 5.32 Å². The van der Waals surface area contributed by atoms with Crippen molar-refractivity contribution in [1.29, 1.82) is 0 Å². The molecule has 0 aliphatic heterocycles. The van der Waals surface area contributed by atoms with Crippen LogP contribution >= 0.6 is 27.5 Å². The van der Waals surface area contributed by atoms with E-state index in [0.717, 1.165) is 27.0 Å². The summed E-state index contributed by atoms with van der Waals surface area (Å²) in [5, 5.41) is 4.03. The molecule has 0 radical (unpaired) electrons. The summed E-state index contributed by atoms with van der Waals surface area (Å²) in [6, 6.07) is 10.8. The summed E-state index contributed by atoms with van der Waals surface area (Å²) in [6.07, 6.45) is 0.762. The van der Waals surface area contributed by atoms with Gasteiger partial charge in [0.05, 0.1) is 0 Å². The molecular weight excluding hydrogens is 341 g/mol. The summed E-state index contributed by atoms with van der Waals surface area (Å²) >= 11 is 9.50. The van der Waals surface area contributed by atoms with E-state index in [1.54, 1.807) is 0 Å². The van der Waals surface area contributed by atoms with Crippen LogP contribution in [0.1, 0.15) is 22.7 Å². The zero-order chi connectivity index (χ0) is 14.7. The topological polar surface area (TPSA) is 12.0 Å². The van der Waals surface area contributed by atoms with Crippen LogP contribution in [0.2, 0.25) is 5.02 Å². The molecule has 0 saturated heterocycles. The second-order valence-electron chi connectivity index (χ2n) is 4.78. The smallest absolute Gasteiger partial charge is 0.124 e. The Balaban J connectivity index is 2.31. The largest absolute Gasteiger partial charge is 0.313 e. The van der Waals surface area contributed by atoms with Crippen molar-refractivity contribution in [3.05, 3.63) is 68.4 Å². The SMILES string of the molecule is CNC(Cc1ccc(F)cc1Br)c1cc(Cl)ccc1C. The van der Waals surface area contributed by atoms with Gasteiger partial charge in [-0.05, 0) is 61.3 Å². The van der Waals surface area contributed by atoms with Gasteiger partial charge in [-0.15, -0.1) is 0 Å². The normalized spacial score (nSPS) is 12.4. The molecule has 2 aromatic carbocycles. The Hall–Kier alpha value is -0.900. The first kappa shape index (κ1) is 15.5. The highest BCUT2D eigenvalue weighted by Crippen LogP contribution is 2.27. The first-order valence-corrected chi connectivity index (χ1v) is 7.55. The fourth-order valence-electron chi connectivity index (χ4n) is 2.26. The number of halogens is 3. The zero-order valence-electron chi connectivity index (χ0n) is 11.4. The van der Waals surface area contributed by atoms with E-state index in [1.165, 1.54) is 17.7 Å². The quantitative estimate of drug-likeness (QED) is 0.808. The first-order valence-electron chi connectivity index (χ1n) is 6.38. The van der Waals surface area contributed by atoms with Crippen LogP contribution in [-0.2, 0) is 6.42 Å². The van der Waals surface area contributed by atoms with Crippen LogP contribution in [0.4, 0.5) is 4.39 Å². The highest BCUT2D eigenvalue weighted by Gasteiger charge is 2.15. The summed E-state index contributed by atoms with van der Waals surface area (Å²) in [4.78, 5) is 0. The summed E-state index contributed by atoms with van der Waals surface area (Å²) in [7, 11) is 1.92. The standard InChI is InChI=1S/C16H16BrClFN/c1-10-3-5-12(18)8-14(10)16(20-2)7-11-4-6-13(19)9-15(11)17/h3-6,8-9,16,20H,7H2,1-2H3. The van der Waals surface area contributed by atoms with E-state index in [9.17, 15) is 4.39 Å². The Bertz CT molecular complexity index is 615. The van der Waals surface area contributed by atoms with Crippen molar-refractivity contribution in [3.63, 3.8) is 0 Å². The number of benzene rings is 2. The molecule has 0 aromatic heterocycles. The average Bonchev–Trinajstić information content (AvgIpc) is 2.41. The van der Waals surface area contributed by atoms with Gasteiger partial charge in [0.25, 0.3) is 0 Å². The summed E-state index contributed by atoms with van der Waals surface area (Å²) in [5.74, 6) is -0.236. The van der Waals surface area contributed by atoms with Gasteiger partial charge in [-0.25, -0.2) is 4.39 Å². The Morgan fingerprint density at radius 3 is 2.65 bits per heavy atom. The number of aryl methyl sites for hydroxylation is 1. The Morgan fingerprint density at radius 1 is 1.25 bits per heavy atom. The maximum Gasteiger partial charge on any atom is 0.124 e. The number of hydrogen-bond acceptors (Lipinski definition) is 1. The van der Waals surface area contributed by atoms with Crippen LogP contribution in [-0.4, -0.2) is 7.05 Å². The van der Waals surface area contributed by atoms with E-state index in [2.05, 4.69) is 28.2 Å². The number of nitrogens with one attached hydrogen (secondary N) is 1. The second-order valence-corrected chi connectivity index (χ2v) is 6.07. The van der Waals surface area contributed by atoms with E-state index in [4.69, 9.17) is 11.6 Å². The lowest BCUT2D eigenvalue weighted by Gasteiger charge is -2.20. The minimum atomic E-state index is -0.236. The fourth-order valence-corrected chi connectivity index (χ4v) is 2.95. The van der Waals surface area contributed by atoms with E-state index < -0.39 is 0 Å². The minimum absolute atomic E-state index is 0.135. The summed E-state index contributed by atoms with van der Waals surface area (Å²) < 4.78 is 13.9. The predicted molar refractivity (Wildman–Crippen MR) is 85.8 cm³/mol. The van der Waals surface area contributed by atoms with Crippen molar-refractivity contribution in [1.82, 2.24) is 5.32 Å². The third-order valence-corrected chi connectivity index (χ3v) is 4.38. The van der Waals surface area contributed by atoms with Crippen molar-refractivity contribution in [2.24, 2.45) is 0 Å². The van der Waals surface area contributed by atoms with Crippen LogP contribution in [0, 0.1) is 12.7 Å². The number of likely N-dealkylation sites (N-methyl/N-ethyl adjacent to an activating group) is 1. The van der Waals surface area contributed by atoms with Crippen molar-refractivity contribution in [2.75, 3.05) is 7.05 Å². The minimum Gasteiger partial charge on any atom is -0.313 e. The third kappa shape index (κ3) is 3.60. The maximum atomic E-state index is 13.1. The lowest BCUT2D eigenvalue weighted by atomic mass is 9.95. The van der Waals surface area contributed by atoms with Gasteiger partial charge in [-0.3, -0.25) is 0 Å². The highest BCUT2D eigenvalue weighted by atomic mass is 79.9. The van der Waals surface area contributed by atoms with Crippen molar-refractivity contribution >= 4 is 27.5 Å². The maximum absolute atomic E-state index is 13.1. The van der Waals surface area contributed by atoms with E-state index in [-0.39, 0.29) is 11.9 Å². The molecule has 2 rings (SSSR count). The molecule has 0 spiro atoms. The molecule has 1 unspecified atom stereocenters. The van der Waals surface area contributed by atoms with Crippen molar-refractivity contribution < 1.29 is 4.39 Å². The van der Waals surface area contributed by atoms with Gasteiger partial charge >= 0.3 is 0 Å². The molecule has 1 N–H and O–H groups in total. The molecule has 0 heterocycles. The molecule has 0 aliphatic rings. The van der Waals surface area contributed by atoms with Gasteiger partial charge in [0.1, 0.15) is 5.82 Å². The van der Waals surface area contributed by atoms with Crippen LogP contribution in [0.15, 0.2) is 40.9 Å². The predicted octanol–water partition coefficient (Wildman–Crippen LogP) is 5.05. The molecule has 1 atom stereocenters. The fraction of sp³-hybridized carbons (Fsp3) is 0.250. The summed E-state index contributed by atoms with van der Waals surface area (Å²) in [6.45, 7) is 2.07. The first-order chi connectivity index (χ1) is 9.51. The van der Waals surface area contributed by atoms with Crippen LogP contribution in [0.5, 0.6) is 0 Å². The molecule has 1 nitrogen and oxygen atoms in total. The van der Waals surface area contributed by atoms with Gasteiger partial charge in [0.2, 0.25) is 0 Å². The molecule has 0 fully saturated rings. The van der Waals surface area contributed by atoms with Crippen molar-refractivity contribution in [2.45, 2.75) is 19.4 Å². The lowest BCUT2D eigenvalue weighted by Crippen LogP contribution is -2.20. The second kappa shape index (κ2) is 6.70. The number of rotatable bonds is 4.